The Kier molecular flexibility index (Phi) is 5.09. The van der Waals surface area contributed by atoms with Gasteiger partial charge in [0.05, 0.1) is 13.0 Å². The number of carbonyl (C=O) groups is 1. The van der Waals surface area contributed by atoms with Crippen LogP contribution in [0.5, 0.6) is 0 Å². The van der Waals surface area contributed by atoms with Gasteiger partial charge in [-0.15, -0.1) is 5.73 Å². The van der Waals surface area contributed by atoms with E-state index in [2.05, 4.69) is 5.73 Å². The number of hydrogen-bond donors (Lipinski definition) is 0. The molecule has 0 atom stereocenters. The molecule has 0 bridgehead atoms. The van der Waals surface area contributed by atoms with Crippen LogP contribution < -0.4 is 0 Å². The molecule has 1 rings (SSSR count). The van der Waals surface area contributed by atoms with E-state index >= 15 is 0 Å². The third-order valence-corrected chi connectivity index (χ3v) is 2.34. The molecular weight excluding hydrogens is 176 g/mol. The summed E-state index contributed by atoms with van der Waals surface area (Å²) in [5.41, 5.74) is 4.56. The second-order valence-electron chi connectivity index (χ2n) is 3.52. The van der Waals surface area contributed by atoms with Crippen LogP contribution in [0.4, 0.5) is 0 Å². The van der Waals surface area contributed by atoms with Crippen molar-refractivity contribution in [3.8, 4) is 0 Å². The summed E-state index contributed by atoms with van der Waals surface area (Å²) in [6.45, 7) is 2.28. The second-order valence-corrected chi connectivity index (χ2v) is 3.52. The van der Waals surface area contributed by atoms with Crippen LogP contribution in [-0.4, -0.2) is 12.6 Å². The highest BCUT2D eigenvalue weighted by atomic mass is 16.5. The van der Waals surface area contributed by atoms with E-state index < -0.39 is 0 Å². The number of carbonyl (C=O) groups excluding carboxylic acids is 1. The third kappa shape index (κ3) is 4.29. The van der Waals surface area contributed by atoms with Crippen LogP contribution in [0, 0.1) is 0 Å². The number of esters is 1. The maximum absolute atomic E-state index is 11.0. The minimum atomic E-state index is -0.156. The minimum Gasteiger partial charge on any atom is -0.466 e. The lowest BCUT2D eigenvalue weighted by Crippen LogP contribution is -2.01. The van der Waals surface area contributed by atoms with Gasteiger partial charge in [0.2, 0.25) is 0 Å². The molecular formula is C12H18O2. The Morgan fingerprint density at radius 3 is 2.79 bits per heavy atom. The van der Waals surface area contributed by atoms with Crippen molar-refractivity contribution in [2.24, 2.45) is 0 Å². The van der Waals surface area contributed by atoms with Gasteiger partial charge >= 0.3 is 5.97 Å². The molecule has 0 radical (unpaired) electrons. The summed E-state index contributed by atoms with van der Waals surface area (Å²) < 4.78 is 4.81. The summed E-state index contributed by atoms with van der Waals surface area (Å²) in [4.78, 5) is 11.0. The molecule has 0 N–H and O–H groups in total. The fraction of sp³-hybridized carbons (Fsp3) is 0.667. The average Bonchev–Trinajstić information content (AvgIpc) is 2.20. The quantitative estimate of drug-likeness (QED) is 0.510. The molecule has 2 nitrogen and oxygen atoms in total. The number of rotatable bonds is 3. The zero-order valence-electron chi connectivity index (χ0n) is 8.84. The van der Waals surface area contributed by atoms with Crippen molar-refractivity contribution in [3.63, 3.8) is 0 Å². The molecule has 0 spiro atoms. The average molecular weight is 194 g/mol. The maximum atomic E-state index is 11.0. The molecule has 0 aromatic heterocycles. The largest absolute Gasteiger partial charge is 0.466 e. The van der Waals surface area contributed by atoms with Crippen LogP contribution in [0.15, 0.2) is 17.4 Å². The molecule has 1 aliphatic rings. The summed E-state index contributed by atoms with van der Waals surface area (Å²) in [5.74, 6) is -0.156. The predicted molar refractivity (Wildman–Crippen MR) is 55.9 cm³/mol. The summed E-state index contributed by atoms with van der Waals surface area (Å²) >= 11 is 0. The summed E-state index contributed by atoms with van der Waals surface area (Å²) in [6.07, 6.45) is 8.35. The Labute approximate surface area is 85.6 Å². The summed E-state index contributed by atoms with van der Waals surface area (Å²) in [7, 11) is 0. The van der Waals surface area contributed by atoms with Crippen molar-refractivity contribution in [3.05, 3.63) is 17.4 Å². The van der Waals surface area contributed by atoms with Crippen molar-refractivity contribution < 1.29 is 9.53 Å². The monoisotopic (exact) mass is 194 g/mol. The zero-order chi connectivity index (χ0) is 10.2. The molecule has 1 fully saturated rings. The molecule has 78 valence electrons. The van der Waals surface area contributed by atoms with E-state index in [9.17, 15) is 4.79 Å². The SMILES string of the molecule is CCOC(=O)CC=C=C1CCCCC1. The minimum absolute atomic E-state index is 0.156. The normalized spacial score (nSPS) is 15.9. The molecule has 1 aliphatic carbocycles. The van der Waals surface area contributed by atoms with Gasteiger partial charge in [0, 0.05) is 0 Å². The second kappa shape index (κ2) is 6.44. The molecule has 0 aromatic rings. The molecule has 0 aromatic carbocycles. The third-order valence-electron chi connectivity index (χ3n) is 2.34. The van der Waals surface area contributed by atoms with E-state index in [0.717, 1.165) is 12.8 Å². The Morgan fingerprint density at radius 2 is 2.14 bits per heavy atom. The van der Waals surface area contributed by atoms with E-state index in [1.807, 2.05) is 6.92 Å². The highest BCUT2D eigenvalue weighted by Crippen LogP contribution is 2.21. The van der Waals surface area contributed by atoms with E-state index in [0.29, 0.717) is 13.0 Å². The lowest BCUT2D eigenvalue weighted by atomic mass is 9.96. The molecule has 0 heterocycles. The first-order valence-electron chi connectivity index (χ1n) is 5.41. The van der Waals surface area contributed by atoms with E-state index in [-0.39, 0.29) is 5.97 Å². The Balaban J connectivity index is 2.33. The Hall–Kier alpha value is -1.01. The molecule has 0 unspecified atom stereocenters. The van der Waals surface area contributed by atoms with Gasteiger partial charge in [0.25, 0.3) is 0 Å². The van der Waals surface area contributed by atoms with Crippen molar-refractivity contribution in [2.75, 3.05) is 6.61 Å². The van der Waals surface area contributed by atoms with Crippen molar-refractivity contribution in [2.45, 2.75) is 45.4 Å². The Bertz CT molecular complexity index is 239. The van der Waals surface area contributed by atoms with E-state index in [1.165, 1.54) is 24.8 Å². The lowest BCUT2D eigenvalue weighted by molar-refractivity contribution is -0.142. The fourth-order valence-electron chi connectivity index (χ4n) is 1.62. The molecule has 1 saturated carbocycles. The Morgan fingerprint density at radius 1 is 1.43 bits per heavy atom. The molecule has 0 amide bonds. The first-order valence-corrected chi connectivity index (χ1v) is 5.41. The first-order chi connectivity index (χ1) is 6.83. The van der Waals surface area contributed by atoms with Crippen molar-refractivity contribution in [1.82, 2.24) is 0 Å². The van der Waals surface area contributed by atoms with Crippen LogP contribution in [0.2, 0.25) is 0 Å². The van der Waals surface area contributed by atoms with Crippen LogP contribution in [0.25, 0.3) is 0 Å². The lowest BCUT2D eigenvalue weighted by Gasteiger charge is -2.10. The standard InChI is InChI=1S/C12H18O2/c1-2-14-12(13)10-6-9-11-7-4-3-5-8-11/h6H,2-5,7-8,10H2,1H3. The molecule has 0 saturated heterocycles. The van der Waals surface area contributed by atoms with Crippen LogP contribution in [-0.2, 0) is 9.53 Å². The van der Waals surface area contributed by atoms with Gasteiger partial charge in [0.1, 0.15) is 0 Å². The molecule has 14 heavy (non-hydrogen) atoms. The molecule has 0 aliphatic heterocycles. The highest BCUT2D eigenvalue weighted by molar-refractivity contribution is 5.71. The van der Waals surface area contributed by atoms with Gasteiger partial charge in [0.15, 0.2) is 0 Å². The molecule has 2 heteroatoms. The van der Waals surface area contributed by atoms with Gasteiger partial charge in [-0.3, -0.25) is 4.79 Å². The topological polar surface area (TPSA) is 26.3 Å². The van der Waals surface area contributed by atoms with Gasteiger partial charge in [-0.25, -0.2) is 0 Å². The van der Waals surface area contributed by atoms with E-state index in [4.69, 9.17) is 4.74 Å². The fourth-order valence-corrected chi connectivity index (χ4v) is 1.62. The van der Waals surface area contributed by atoms with Gasteiger partial charge in [-0.2, -0.15) is 0 Å². The zero-order valence-corrected chi connectivity index (χ0v) is 8.84. The van der Waals surface area contributed by atoms with Crippen LogP contribution in [0.3, 0.4) is 0 Å². The van der Waals surface area contributed by atoms with Gasteiger partial charge in [-0.05, 0) is 44.3 Å². The van der Waals surface area contributed by atoms with E-state index in [1.54, 1.807) is 6.08 Å². The highest BCUT2D eigenvalue weighted by Gasteiger charge is 2.03. The first kappa shape index (κ1) is 11.1. The van der Waals surface area contributed by atoms with Crippen molar-refractivity contribution in [1.29, 1.82) is 0 Å². The number of hydrogen-bond acceptors (Lipinski definition) is 2. The summed E-state index contributed by atoms with van der Waals surface area (Å²) in [6, 6.07) is 0. The van der Waals surface area contributed by atoms with Crippen LogP contribution >= 0.6 is 0 Å². The van der Waals surface area contributed by atoms with Crippen LogP contribution in [0.1, 0.15) is 45.4 Å². The van der Waals surface area contributed by atoms with Crippen molar-refractivity contribution >= 4 is 5.97 Å². The van der Waals surface area contributed by atoms with Gasteiger partial charge < -0.3 is 4.74 Å². The number of ether oxygens (including phenoxy) is 1. The predicted octanol–water partition coefficient (Wildman–Crippen LogP) is 2.99. The summed E-state index contributed by atoms with van der Waals surface area (Å²) in [5, 5.41) is 0. The van der Waals surface area contributed by atoms with Gasteiger partial charge in [-0.1, -0.05) is 6.42 Å². The maximum Gasteiger partial charge on any atom is 0.310 e. The smallest absolute Gasteiger partial charge is 0.310 e.